The number of fused-ring (bicyclic) bond motifs is 1. The minimum Gasteiger partial charge on any atom is -0.339 e. The lowest BCUT2D eigenvalue weighted by molar-refractivity contribution is 0.966. The van der Waals surface area contributed by atoms with E-state index in [1.165, 1.54) is 6.33 Å². The zero-order valence-electron chi connectivity index (χ0n) is 8.97. The molecular weight excluding hydrogens is 216 g/mol. The van der Waals surface area contributed by atoms with Gasteiger partial charge in [-0.15, -0.1) is 0 Å². The van der Waals surface area contributed by atoms with Gasteiger partial charge in [-0.2, -0.15) is 0 Å². The summed E-state index contributed by atoms with van der Waals surface area (Å²) in [6.07, 6.45) is 2.07. The highest BCUT2D eigenvalue weighted by Crippen LogP contribution is 2.06. The molecule has 5 heteroatoms. The van der Waals surface area contributed by atoms with Crippen LogP contribution in [-0.2, 0) is 6.42 Å². The second-order valence-corrected chi connectivity index (χ2v) is 3.78. The molecule has 2 N–H and O–H groups in total. The molecule has 17 heavy (non-hydrogen) atoms. The molecule has 0 aliphatic heterocycles. The van der Waals surface area contributed by atoms with Crippen LogP contribution in [0, 0.1) is 0 Å². The fourth-order valence-corrected chi connectivity index (χ4v) is 1.76. The van der Waals surface area contributed by atoms with Crippen molar-refractivity contribution in [1.82, 2.24) is 19.9 Å². The first-order valence-electron chi connectivity index (χ1n) is 5.29. The van der Waals surface area contributed by atoms with Crippen molar-refractivity contribution in [2.75, 3.05) is 0 Å². The van der Waals surface area contributed by atoms with Crippen molar-refractivity contribution in [3.8, 4) is 0 Å². The van der Waals surface area contributed by atoms with Gasteiger partial charge >= 0.3 is 0 Å². The monoisotopic (exact) mass is 226 g/mol. The molecule has 5 nitrogen and oxygen atoms in total. The molecule has 0 unspecified atom stereocenters. The van der Waals surface area contributed by atoms with E-state index in [1.807, 2.05) is 30.3 Å². The largest absolute Gasteiger partial charge is 0.339 e. The van der Waals surface area contributed by atoms with Crippen LogP contribution in [0.1, 0.15) is 11.4 Å². The molecule has 2 heterocycles. The number of nitrogens with one attached hydrogen (secondary N) is 2. The molecule has 0 fully saturated rings. The van der Waals surface area contributed by atoms with E-state index in [0.717, 1.165) is 5.56 Å². The summed E-state index contributed by atoms with van der Waals surface area (Å²) in [5, 5.41) is 0. The van der Waals surface area contributed by atoms with Gasteiger partial charge < -0.3 is 9.97 Å². The fourth-order valence-electron chi connectivity index (χ4n) is 1.76. The number of aromatic amines is 2. The van der Waals surface area contributed by atoms with Crippen LogP contribution < -0.4 is 5.56 Å². The minimum atomic E-state index is -0.182. The van der Waals surface area contributed by atoms with Crippen LogP contribution in [0.15, 0.2) is 41.5 Å². The molecule has 0 aliphatic carbocycles. The quantitative estimate of drug-likeness (QED) is 0.690. The van der Waals surface area contributed by atoms with Gasteiger partial charge in [0, 0.05) is 6.42 Å². The van der Waals surface area contributed by atoms with Crippen molar-refractivity contribution in [2.24, 2.45) is 0 Å². The van der Waals surface area contributed by atoms with Crippen molar-refractivity contribution in [2.45, 2.75) is 6.42 Å². The Balaban J connectivity index is 2.04. The Morgan fingerprint density at radius 2 is 2.00 bits per heavy atom. The van der Waals surface area contributed by atoms with Gasteiger partial charge in [-0.3, -0.25) is 4.79 Å². The standard InChI is InChI=1S/C12H10N4O/c17-12-10-11(14-7-13-10)15-9(16-12)6-8-4-2-1-3-5-8/h1-5,7H,6H2,(H2,13,14,15,16,17). The van der Waals surface area contributed by atoms with E-state index in [0.29, 0.717) is 23.4 Å². The Bertz CT molecular complexity index is 699. The van der Waals surface area contributed by atoms with E-state index in [1.54, 1.807) is 0 Å². The van der Waals surface area contributed by atoms with E-state index in [2.05, 4.69) is 19.9 Å². The third-order valence-electron chi connectivity index (χ3n) is 2.56. The summed E-state index contributed by atoms with van der Waals surface area (Å²) in [5.41, 5.74) is 1.80. The summed E-state index contributed by atoms with van der Waals surface area (Å²) in [5.74, 6) is 0.626. The maximum Gasteiger partial charge on any atom is 0.276 e. The fraction of sp³-hybridized carbons (Fsp3) is 0.0833. The van der Waals surface area contributed by atoms with Crippen molar-refractivity contribution in [3.63, 3.8) is 0 Å². The molecule has 3 rings (SSSR count). The van der Waals surface area contributed by atoms with Gasteiger partial charge in [-0.05, 0) is 5.56 Å². The third kappa shape index (κ3) is 1.82. The van der Waals surface area contributed by atoms with E-state index < -0.39 is 0 Å². The van der Waals surface area contributed by atoms with Gasteiger partial charge in [0.25, 0.3) is 5.56 Å². The topological polar surface area (TPSA) is 74.4 Å². The van der Waals surface area contributed by atoms with Crippen LogP contribution >= 0.6 is 0 Å². The van der Waals surface area contributed by atoms with E-state index in [4.69, 9.17) is 0 Å². The Morgan fingerprint density at radius 1 is 1.18 bits per heavy atom. The predicted molar refractivity (Wildman–Crippen MR) is 63.8 cm³/mol. The number of H-pyrrole nitrogens is 2. The summed E-state index contributed by atoms with van der Waals surface area (Å²) in [6, 6.07) is 9.86. The van der Waals surface area contributed by atoms with Crippen LogP contribution in [0.5, 0.6) is 0 Å². The number of nitrogens with zero attached hydrogens (tertiary/aromatic N) is 2. The first-order valence-corrected chi connectivity index (χ1v) is 5.29. The minimum absolute atomic E-state index is 0.182. The molecule has 0 radical (unpaired) electrons. The number of rotatable bonds is 2. The van der Waals surface area contributed by atoms with E-state index in [-0.39, 0.29) is 5.56 Å². The zero-order valence-corrected chi connectivity index (χ0v) is 8.97. The average Bonchev–Trinajstić information content (AvgIpc) is 2.79. The molecule has 0 saturated heterocycles. The molecule has 0 bridgehead atoms. The van der Waals surface area contributed by atoms with Crippen LogP contribution in [-0.4, -0.2) is 19.9 Å². The Morgan fingerprint density at radius 3 is 2.82 bits per heavy atom. The molecule has 0 spiro atoms. The lowest BCUT2D eigenvalue weighted by Crippen LogP contribution is -2.12. The van der Waals surface area contributed by atoms with Gasteiger partial charge in [-0.25, -0.2) is 9.97 Å². The second kappa shape index (κ2) is 3.86. The number of hydrogen-bond donors (Lipinski definition) is 2. The third-order valence-corrected chi connectivity index (χ3v) is 2.56. The van der Waals surface area contributed by atoms with Gasteiger partial charge in [0.1, 0.15) is 5.82 Å². The van der Waals surface area contributed by atoms with E-state index in [9.17, 15) is 4.79 Å². The summed E-state index contributed by atoms with van der Waals surface area (Å²) in [4.78, 5) is 25.5. The van der Waals surface area contributed by atoms with Gasteiger partial charge in [0.2, 0.25) is 0 Å². The van der Waals surface area contributed by atoms with E-state index >= 15 is 0 Å². The van der Waals surface area contributed by atoms with Crippen LogP contribution in [0.3, 0.4) is 0 Å². The maximum atomic E-state index is 11.7. The molecule has 84 valence electrons. The van der Waals surface area contributed by atoms with Crippen molar-refractivity contribution in [3.05, 3.63) is 58.4 Å². The van der Waals surface area contributed by atoms with Crippen LogP contribution in [0.4, 0.5) is 0 Å². The maximum absolute atomic E-state index is 11.7. The van der Waals surface area contributed by atoms with Crippen molar-refractivity contribution >= 4 is 11.2 Å². The summed E-state index contributed by atoms with van der Waals surface area (Å²) >= 11 is 0. The number of hydrogen-bond acceptors (Lipinski definition) is 3. The first-order chi connectivity index (χ1) is 8.33. The lowest BCUT2D eigenvalue weighted by Gasteiger charge is -2.00. The summed E-state index contributed by atoms with van der Waals surface area (Å²) in [6.45, 7) is 0. The van der Waals surface area contributed by atoms with Gasteiger partial charge in [0.15, 0.2) is 11.2 Å². The summed E-state index contributed by atoms with van der Waals surface area (Å²) in [7, 11) is 0. The highest BCUT2D eigenvalue weighted by atomic mass is 16.1. The SMILES string of the molecule is O=c1[nH]c(Cc2ccccc2)nc2nc[nH]c12. The zero-order chi connectivity index (χ0) is 11.7. The number of benzene rings is 1. The van der Waals surface area contributed by atoms with Gasteiger partial charge in [-0.1, -0.05) is 30.3 Å². The first kappa shape index (κ1) is 9.77. The molecule has 3 aromatic rings. The molecule has 1 aromatic carbocycles. The molecule has 0 atom stereocenters. The lowest BCUT2D eigenvalue weighted by atomic mass is 10.1. The smallest absolute Gasteiger partial charge is 0.276 e. The molecule has 0 amide bonds. The number of aromatic nitrogens is 4. The second-order valence-electron chi connectivity index (χ2n) is 3.78. The van der Waals surface area contributed by atoms with Crippen LogP contribution in [0.25, 0.3) is 11.2 Å². The van der Waals surface area contributed by atoms with Crippen molar-refractivity contribution in [1.29, 1.82) is 0 Å². The summed E-state index contributed by atoms with van der Waals surface area (Å²) < 4.78 is 0. The molecule has 0 saturated carbocycles. The van der Waals surface area contributed by atoms with Gasteiger partial charge in [0.05, 0.1) is 6.33 Å². The van der Waals surface area contributed by atoms with Crippen LogP contribution in [0.2, 0.25) is 0 Å². The van der Waals surface area contributed by atoms with Crippen molar-refractivity contribution < 1.29 is 0 Å². The molecule has 2 aromatic heterocycles. The molecule has 0 aliphatic rings. The Labute approximate surface area is 96.6 Å². The Hall–Kier alpha value is -2.43. The number of imidazole rings is 1. The molecular formula is C12H10N4O. The highest BCUT2D eigenvalue weighted by molar-refractivity contribution is 5.67. The Kier molecular flexibility index (Phi) is 2.22. The average molecular weight is 226 g/mol. The normalized spacial score (nSPS) is 10.8. The highest BCUT2D eigenvalue weighted by Gasteiger charge is 2.05. The predicted octanol–water partition coefficient (Wildman–Crippen LogP) is 1.24.